The van der Waals surface area contributed by atoms with Crippen LogP contribution in [0.4, 0.5) is 0 Å². The summed E-state index contributed by atoms with van der Waals surface area (Å²) < 4.78 is 6.86. The molecule has 0 saturated carbocycles. The first-order valence-corrected chi connectivity index (χ1v) is 9.69. The molecule has 1 aliphatic heterocycles. The SMILES string of the molecule is COc1ccc(C#CCN2CCc3ncn(Cc4ccccc4)c(=O)c3C2)cc1. The molecule has 5 nitrogen and oxygen atoms in total. The third-order valence-electron chi connectivity index (χ3n) is 5.09. The lowest BCUT2D eigenvalue weighted by Gasteiger charge is -2.26. The van der Waals surface area contributed by atoms with Crippen molar-refractivity contribution in [3.63, 3.8) is 0 Å². The Labute approximate surface area is 170 Å². The van der Waals surface area contributed by atoms with Crippen LogP contribution in [0.2, 0.25) is 0 Å². The molecule has 0 N–H and O–H groups in total. The van der Waals surface area contributed by atoms with Crippen molar-refractivity contribution in [2.24, 2.45) is 0 Å². The highest BCUT2D eigenvalue weighted by atomic mass is 16.5. The number of ether oxygens (including phenoxy) is 1. The van der Waals surface area contributed by atoms with Crippen LogP contribution in [0.1, 0.15) is 22.4 Å². The normalized spacial score (nSPS) is 13.3. The second-order valence-corrected chi connectivity index (χ2v) is 7.08. The molecule has 5 heteroatoms. The molecule has 29 heavy (non-hydrogen) atoms. The summed E-state index contributed by atoms with van der Waals surface area (Å²) in [6.45, 7) is 2.61. The number of rotatable bonds is 4. The molecule has 4 rings (SSSR count). The molecule has 0 saturated heterocycles. The van der Waals surface area contributed by atoms with Crippen molar-refractivity contribution in [1.29, 1.82) is 0 Å². The molecule has 1 aliphatic rings. The summed E-state index contributed by atoms with van der Waals surface area (Å²) >= 11 is 0. The maximum Gasteiger partial charge on any atom is 0.258 e. The quantitative estimate of drug-likeness (QED) is 0.648. The van der Waals surface area contributed by atoms with Gasteiger partial charge in [0.25, 0.3) is 5.56 Å². The Kier molecular flexibility index (Phi) is 5.73. The second-order valence-electron chi connectivity index (χ2n) is 7.08. The van der Waals surface area contributed by atoms with Crippen LogP contribution in [0.3, 0.4) is 0 Å². The molecule has 2 heterocycles. The van der Waals surface area contributed by atoms with E-state index in [1.165, 1.54) is 0 Å². The highest BCUT2D eigenvalue weighted by Gasteiger charge is 2.20. The smallest absolute Gasteiger partial charge is 0.258 e. The third kappa shape index (κ3) is 4.56. The van der Waals surface area contributed by atoms with Gasteiger partial charge in [0.15, 0.2) is 0 Å². The number of hydrogen-bond acceptors (Lipinski definition) is 4. The summed E-state index contributed by atoms with van der Waals surface area (Å²) in [6.07, 6.45) is 2.45. The Bertz CT molecular complexity index is 1090. The van der Waals surface area contributed by atoms with E-state index in [0.717, 1.165) is 41.1 Å². The van der Waals surface area contributed by atoms with Crippen molar-refractivity contribution in [3.8, 4) is 17.6 Å². The van der Waals surface area contributed by atoms with Gasteiger partial charge in [-0.05, 0) is 29.8 Å². The lowest BCUT2D eigenvalue weighted by molar-refractivity contribution is 0.280. The maximum atomic E-state index is 13.0. The molecular weight excluding hydrogens is 362 g/mol. The fourth-order valence-electron chi connectivity index (χ4n) is 3.46. The van der Waals surface area contributed by atoms with Crippen molar-refractivity contribution < 1.29 is 4.74 Å². The highest BCUT2D eigenvalue weighted by molar-refractivity contribution is 5.38. The number of methoxy groups -OCH3 is 1. The molecule has 1 aromatic heterocycles. The van der Waals surface area contributed by atoms with Crippen LogP contribution >= 0.6 is 0 Å². The fourth-order valence-corrected chi connectivity index (χ4v) is 3.46. The van der Waals surface area contributed by atoms with Gasteiger partial charge in [0.1, 0.15) is 5.75 Å². The molecule has 0 spiro atoms. The number of aromatic nitrogens is 2. The van der Waals surface area contributed by atoms with E-state index < -0.39 is 0 Å². The van der Waals surface area contributed by atoms with E-state index in [2.05, 4.69) is 21.7 Å². The van der Waals surface area contributed by atoms with Crippen molar-refractivity contribution in [2.45, 2.75) is 19.5 Å². The van der Waals surface area contributed by atoms with Crippen molar-refractivity contribution in [2.75, 3.05) is 20.2 Å². The van der Waals surface area contributed by atoms with Gasteiger partial charge in [0.2, 0.25) is 0 Å². The monoisotopic (exact) mass is 385 g/mol. The Hall–Kier alpha value is -3.36. The Balaban J connectivity index is 1.45. The van der Waals surface area contributed by atoms with Crippen LogP contribution in [0.15, 0.2) is 65.7 Å². The van der Waals surface area contributed by atoms with Crippen LogP contribution in [0.25, 0.3) is 0 Å². The molecule has 0 radical (unpaired) electrons. The van der Waals surface area contributed by atoms with Gasteiger partial charge in [-0.15, -0.1) is 0 Å². The fraction of sp³-hybridized carbons (Fsp3) is 0.250. The average molecular weight is 385 g/mol. The average Bonchev–Trinajstić information content (AvgIpc) is 2.77. The van der Waals surface area contributed by atoms with Crippen molar-refractivity contribution >= 4 is 0 Å². The number of fused-ring (bicyclic) bond motifs is 1. The van der Waals surface area contributed by atoms with Crippen LogP contribution in [-0.4, -0.2) is 34.7 Å². The Morgan fingerprint density at radius 3 is 2.66 bits per heavy atom. The summed E-state index contributed by atoms with van der Waals surface area (Å²) in [5, 5.41) is 0. The highest BCUT2D eigenvalue weighted by Crippen LogP contribution is 2.14. The number of benzene rings is 2. The Morgan fingerprint density at radius 2 is 1.90 bits per heavy atom. The summed E-state index contributed by atoms with van der Waals surface area (Å²) in [4.78, 5) is 19.7. The van der Waals surface area contributed by atoms with Crippen LogP contribution < -0.4 is 10.3 Å². The summed E-state index contributed by atoms with van der Waals surface area (Å²) in [5.41, 5.74) is 3.80. The van der Waals surface area contributed by atoms with E-state index in [1.54, 1.807) is 18.0 Å². The molecule has 0 fully saturated rings. The minimum atomic E-state index is 0.0478. The molecule has 0 unspecified atom stereocenters. The van der Waals surface area contributed by atoms with Gasteiger partial charge in [0, 0.05) is 25.1 Å². The number of hydrogen-bond donors (Lipinski definition) is 0. The molecule has 2 aromatic carbocycles. The van der Waals surface area contributed by atoms with E-state index in [0.29, 0.717) is 19.6 Å². The minimum Gasteiger partial charge on any atom is -0.497 e. The van der Waals surface area contributed by atoms with Gasteiger partial charge in [-0.3, -0.25) is 14.3 Å². The van der Waals surface area contributed by atoms with Crippen LogP contribution in [-0.2, 0) is 19.5 Å². The van der Waals surface area contributed by atoms with E-state index in [1.807, 2.05) is 54.6 Å². The third-order valence-corrected chi connectivity index (χ3v) is 5.09. The summed E-state index contributed by atoms with van der Waals surface area (Å²) in [7, 11) is 1.65. The van der Waals surface area contributed by atoms with Gasteiger partial charge in [-0.2, -0.15) is 0 Å². The zero-order valence-corrected chi connectivity index (χ0v) is 16.5. The largest absolute Gasteiger partial charge is 0.497 e. The first kappa shape index (κ1) is 19.0. The predicted octanol–water partition coefficient (Wildman–Crippen LogP) is 2.71. The molecular formula is C24H23N3O2. The predicted molar refractivity (Wildman–Crippen MR) is 113 cm³/mol. The molecule has 0 amide bonds. The van der Waals surface area contributed by atoms with Gasteiger partial charge >= 0.3 is 0 Å². The first-order chi connectivity index (χ1) is 14.2. The van der Waals surface area contributed by atoms with Gasteiger partial charge < -0.3 is 4.74 Å². The van der Waals surface area contributed by atoms with Crippen molar-refractivity contribution in [1.82, 2.24) is 14.5 Å². The van der Waals surface area contributed by atoms with Crippen LogP contribution in [0.5, 0.6) is 5.75 Å². The molecule has 3 aromatic rings. The lowest BCUT2D eigenvalue weighted by atomic mass is 10.1. The minimum absolute atomic E-state index is 0.0478. The summed E-state index contributed by atoms with van der Waals surface area (Å²) in [5.74, 6) is 7.22. The van der Waals surface area contributed by atoms with E-state index in [4.69, 9.17) is 4.74 Å². The Morgan fingerprint density at radius 1 is 1.10 bits per heavy atom. The van der Waals surface area contributed by atoms with Crippen molar-refractivity contribution in [3.05, 3.63) is 93.7 Å². The molecule has 146 valence electrons. The number of nitrogens with zero attached hydrogens (tertiary/aromatic N) is 3. The zero-order chi connectivity index (χ0) is 20.1. The first-order valence-electron chi connectivity index (χ1n) is 9.69. The second kappa shape index (κ2) is 8.76. The molecule has 0 bridgehead atoms. The molecule has 0 aliphatic carbocycles. The van der Waals surface area contributed by atoms with E-state index in [9.17, 15) is 4.79 Å². The van der Waals surface area contributed by atoms with E-state index in [-0.39, 0.29) is 5.56 Å². The van der Waals surface area contributed by atoms with Crippen LogP contribution in [0, 0.1) is 11.8 Å². The molecule has 0 atom stereocenters. The van der Waals surface area contributed by atoms with Gasteiger partial charge in [0.05, 0.1) is 37.8 Å². The summed E-state index contributed by atoms with van der Waals surface area (Å²) in [6, 6.07) is 17.7. The topological polar surface area (TPSA) is 47.4 Å². The van der Waals surface area contributed by atoms with Gasteiger partial charge in [-0.25, -0.2) is 4.98 Å². The zero-order valence-electron chi connectivity index (χ0n) is 16.5. The maximum absolute atomic E-state index is 13.0. The van der Waals surface area contributed by atoms with E-state index >= 15 is 0 Å². The standard InChI is InChI=1S/C24H23N3O2/c1-29-21-11-9-19(10-12-21)8-5-14-26-15-13-23-22(17-26)24(28)27(18-25-23)16-20-6-3-2-4-7-20/h2-4,6-7,9-12,18H,13-17H2,1H3. The van der Waals surface area contributed by atoms with Gasteiger partial charge in [-0.1, -0.05) is 42.2 Å². The lowest BCUT2D eigenvalue weighted by Crippen LogP contribution is -2.38.